The second-order valence-electron chi connectivity index (χ2n) is 3.73. The van der Waals surface area contributed by atoms with Crippen LogP contribution in [0.3, 0.4) is 0 Å². The van der Waals surface area contributed by atoms with Gasteiger partial charge in [0.1, 0.15) is 12.1 Å². The predicted molar refractivity (Wildman–Crippen MR) is 64.3 cm³/mol. The molecule has 19 heavy (non-hydrogen) atoms. The molecule has 2 heterocycles. The van der Waals surface area contributed by atoms with Crippen molar-refractivity contribution in [3.63, 3.8) is 0 Å². The summed E-state index contributed by atoms with van der Waals surface area (Å²) < 4.78 is 7.23. The molecule has 3 aromatic rings. The minimum atomic E-state index is -0.982. The van der Waals surface area contributed by atoms with Gasteiger partial charge in [-0.3, -0.25) is 4.40 Å². The van der Waals surface area contributed by atoms with E-state index in [9.17, 15) is 4.79 Å². The maximum atomic E-state index is 10.7. The molecule has 0 atom stereocenters. The van der Waals surface area contributed by atoms with Crippen molar-refractivity contribution in [3.8, 4) is 11.6 Å². The minimum Gasteiger partial charge on any atom is -0.478 e. The summed E-state index contributed by atoms with van der Waals surface area (Å²) in [6.45, 7) is 0. The van der Waals surface area contributed by atoms with Crippen molar-refractivity contribution >= 4 is 11.6 Å². The summed E-state index contributed by atoms with van der Waals surface area (Å²) >= 11 is 0. The number of carboxylic acid groups (broad SMARTS) is 1. The van der Waals surface area contributed by atoms with E-state index in [1.165, 1.54) is 18.5 Å². The molecule has 7 nitrogen and oxygen atoms in total. The molecule has 1 N–H and O–H groups in total. The lowest BCUT2D eigenvalue weighted by molar-refractivity contribution is 0.0697. The number of aromatic nitrogens is 4. The molecule has 0 saturated carbocycles. The number of rotatable bonds is 3. The van der Waals surface area contributed by atoms with Crippen LogP contribution in [0.15, 0.2) is 43.0 Å². The SMILES string of the molecule is O=C(O)c1ccc(Oc2nccn3cnnc23)cc1. The van der Waals surface area contributed by atoms with Crippen molar-refractivity contribution in [2.75, 3.05) is 0 Å². The highest BCUT2D eigenvalue weighted by atomic mass is 16.5. The third-order valence-electron chi connectivity index (χ3n) is 2.50. The number of carbonyl (C=O) groups is 1. The van der Waals surface area contributed by atoms with Gasteiger partial charge in [-0.25, -0.2) is 9.78 Å². The lowest BCUT2D eigenvalue weighted by Crippen LogP contribution is -1.96. The molecular formula is C12H8N4O3. The first-order valence-corrected chi connectivity index (χ1v) is 5.39. The Kier molecular flexibility index (Phi) is 2.57. The van der Waals surface area contributed by atoms with E-state index in [1.807, 2.05) is 0 Å². The number of carboxylic acids is 1. The Morgan fingerprint density at radius 2 is 2.05 bits per heavy atom. The molecule has 7 heteroatoms. The lowest BCUT2D eigenvalue weighted by atomic mass is 10.2. The Morgan fingerprint density at radius 1 is 1.26 bits per heavy atom. The quantitative estimate of drug-likeness (QED) is 0.765. The van der Waals surface area contributed by atoms with Crippen LogP contribution in [0, 0.1) is 0 Å². The number of hydrogen-bond donors (Lipinski definition) is 1. The van der Waals surface area contributed by atoms with Crippen LogP contribution in [-0.2, 0) is 0 Å². The standard InChI is InChI=1S/C12H8N4O3/c17-12(18)8-1-3-9(4-2-8)19-11-10-15-14-7-16(10)6-5-13-11/h1-7H,(H,17,18). The molecule has 0 spiro atoms. The first-order chi connectivity index (χ1) is 9.24. The molecule has 3 rings (SSSR count). The fourth-order valence-electron chi connectivity index (χ4n) is 1.58. The molecule has 0 fully saturated rings. The van der Waals surface area contributed by atoms with Gasteiger partial charge in [0, 0.05) is 12.4 Å². The molecule has 0 unspecified atom stereocenters. The minimum absolute atomic E-state index is 0.195. The average Bonchev–Trinajstić information content (AvgIpc) is 2.89. The summed E-state index contributed by atoms with van der Waals surface area (Å²) in [6, 6.07) is 6.04. The Labute approximate surface area is 107 Å². The third kappa shape index (κ3) is 2.08. The van der Waals surface area contributed by atoms with Crippen LogP contribution >= 0.6 is 0 Å². The Morgan fingerprint density at radius 3 is 2.79 bits per heavy atom. The zero-order valence-corrected chi connectivity index (χ0v) is 9.59. The van der Waals surface area contributed by atoms with Crippen LogP contribution < -0.4 is 4.74 Å². The fourth-order valence-corrected chi connectivity index (χ4v) is 1.58. The molecule has 2 aromatic heterocycles. The third-order valence-corrected chi connectivity index (χ3v) is 2.50. The molecule has 0 amide bonds. The normalized spacial score (nSPS) is 10.5. The molecule has 0 aliphatic heterocycles. The summed E-state index contributed by atoms with van der Waals surface area (Å²) in [7, 11) is 0. The second-order valence-corrected chi connectivity index (χ2v) is 3.73. The van der Waals surface area contributed by atoms with Gasteiger partial charge in [0.25, 0.3) is 5.88 Å². The van der Waals surface area contributed by atoms with E-state index >= 15 is 0 Å². The summed E-state index contributed by atoms with van der Waals surface area (Å²) in [4.78, 5) is 14.8. The van der Waals surface area contributed by atoms with Gasteiger partial charge in [0.15, 0.2) is 0 Å². The number of fused-ring (bicyclic) bond motifs is 1. The first-order valence-electron chi connectivity index (χ1n) is 5.39. The predicted octanol–water partition coefficient (Wildman–Crippen LogP) is 1.61. The lowest BCUT2D eigenvalue weighted by Gasteiger charge is -2.05. The van der Waals surface area contributed by atoms with Crippen molar-refractivity contribution in [1.29, 1.82) is 0 Å². The Hall–Kier alpha value is -2.96. The zero-order chi connectivity index (χ0) is 13.2. The van der Waals surface area contributed by atoms with E-state index in [-0.39, 0.29) is 5.56 Å². The highest BCUT2D eigenvalue weighted by molar-refractivity contribution is 5.87. The largest absolute Gasteiger partial charge is 0.478 e. The van der Waals surface area contributed by atoms with E-state index in [1.54, 1.807) is 28.9 Å². The smallest absolute Gasteiger partial charge is 0.335 e. The van der Waals surface area contributed by atoms with Crippen LogP contribution in [0.4, 0.5) is 0 Å². The van der Waals surface area contributed by atoms with Gasteiger partial charge in [-0.2, -0.15) is 0 Å². The van der Waals surface area contributed by atoms with Gasteiger partial charge in [-0.05, 0) is 24.3 Å². The van der Waals surface area contributed by atoms with Gasteiger partial charge in [-0.1, -0.05) is 0 Å². The highest BCUT2D eigenvalue weighted by Crippen LogP contribution is 2.22. The molecule has 0 aliphatic carbocycles. The summed E-state index contributed by atoms with van der Waals surface area (Å²) in [5.74, 6) is -0.194. The van der Waals surface area contributed by atoms with Gasteiger partial charge >= 0.3 is 5.97 Å². The van der Waals surface area contributed by atoms with E-state index in [4.69, 9.17) is 9.84 Å². The summed E-state index contributed by atoms with van der Waals surface area (Å²) in [6.07, 6.45) is 4.81. The van der Waals surface area contributed by atoms with Gasteiger partial charge in [-0.15, -0.1) is 10.2 Å². The van der Waals surface area contributed by atoms with Crippen molar-refractivity contribution in [2.24, 2.45) is 0 Å². The van der Waals surface area contributed by atoms with Crippen LogP contribution in [0.25, 0.3) is 5.65 Å². The number of hydrogen-bond acceptors (Lipinski definition) is 5. The first kappa shape index (κ1) is 11.1. The molecule has 0 aliphatic rings. The Bertz CT molecular complexity index is 736. The molecule has 1 aromatic carbocycles. The van der Waals surface area contributed by atoms with E-state index in [0.29, 0.717) is 17.3 Å². The van der Waals surface area contributed by atoms with E-state index in [2.05, 4.69) is 15.2 Å². The maximum Gasteiger partial charge on any atom is 0.335 e. The highest BCUT2D eigenvalue weighted by Gasteiger charge is 2.08. The van der Waals surface area contributed by atoms with Crippen LogP contribution in [-0.4, -0.2) is 30.7 Å². The summed E-state index contributed by atoms with van der Waals surface area (Å²) in [5.41, 5.74) is 0.686. The Balaban J connectivity index is 1.92. The molecule has 94 valence electrons. The fraction of sp³-hybridized carbons (Fsp3) is 0. The topological polar surface area (TPSA) is 89.6 Å². The number of ether oxygens (including phenoxy) is 1. The average molecular weight is 256 g/mol. The maximum absolute atomic E-state index is 10.7. The van der Waals surface area contributed by atoms with Crippen molar-refractivity contribution in [3.05, 3.63) is 48.5 Å². The van der Waals surface area contributed by atoms with Crippen molar-refractivity contribution in [1.82, 2.24) is 19.6 Å². The monoisotopic (exact) mass is 256 g/mol. The van der Waals surface area contributed by atoms with Crippen LogP contribution in [0.2, 0.25) is 0 Å². The molecular weight excluding hydrogens is 248 g/mol. The van der Waals surface area contributed by atoms with E-state index < -0.39 is 5.97 Å². The molecule has 0 saturated heterocycles. The zero-order valence-electron chi connectivity index (χ0n) is 9.59. The molecule has 0 radical (unpaired) electrons. The molecule has 0 bridgehead atoms. The number of benzene rings is 1. The number of aromatic carboxylic acids is 1. The second kappa shape index (κ2) is 4.37. The van der Waals surface area contributed by atoms with Crippen LogP contribution in [0.5, 0.6) is 11.6 Å². The van der Waals surface area contributed by atoms with Crippen molar-refractivity contribution < 1.29 is 14.6 Å². The van der Waals surface area contributed by atoms with Gasteiger partial charge in [0.2, 0.25) is 5.65 Å². The van der Waals surface area contributed by atoms with Gasteiger partial charge in [0.05, 0.1) is 5.56 Å². The van der Waals surface area contributed by atoms with Gasteiger partial charge < -0.3 is 9.84 Å². The van der Waals surface area contributed by atoms with Crippen molar-refractivity contribution in [2.45, 2.75) is 0 Å². The van der Waals surface area contributed by atoms with E-state index in [0.717, 1.165) is 0 Å². The summed E-state index contributed by atoms with van der Waals surface area (Å²) in [5, 5.41) is 16.5. The van der Waals surface area contributed by atoms with Crippen LogP contribution in [0.1, 0.15) is 10.4 Å². The number of nitrogens with zero attached hydrogens (tertiary/aromatic N) is 4.